The largest absolute Gasteiger partial charge is 0.490 e. The summed E-state index contributed by atoms with van der Waals surface area (Å²) in [6.45, 7) is 1.43. The van der Waals surface area contributed by atoms with E-state index in [2.05, 4.69) is 25.8 Å². The molecule has 3 aromatic rings. The molecule has 0 bridgehead atoms. The highest BCUT2D eigenvalue weighted by Gasteiger charge is 2.38. The monoisotopic (exact) mass is 738 g/mol. The van der Waals surface area contributed by atoms with Crippen LogP contribution in [-0.4, -0.2) is 104 Å². The first-order valence-corrected chi connectivity index (χ1v) is 14.1. The molecule has 9 N–H and O–H groups in total. The van der Waals surface area contributed by atoms with E-state index in [1.54, 1.807) is 71.6 Å². The standard InChI is InChI=1S/C24H34N10O3.2C2HF3O2/c1-31(2)8-6-7-27-21(35)18-9-15(12-32(18)3)28-22(36)19-10-16(13-33(19)4)29-23(37)20-11-17(14-34(20)5)30-24(25)26;2*3-2(4,5)1(6)7/h9-14H,6-8H2,1-5H3,(H,27,35)(H,28,36)(H,29,37)(H4,25,26,30);2*(H,6,7). The third-order valence-electron chi connectivity index (χ3n) is 6.02. The molecule has 0 saturated heterocycles. The van der Waals surface area contributed by atoms with Crippen molar-refractivity contribution in [1.82, 2.24) is 23.9 Å². The number of aliphatic carboxylic acids is 2. The van der Waals surface area contributed by atoms with Crippen LogP contribution in [-0.2, 0) is 30.7 Å². The molecule has 17 nitrogen and oxygen atoms in total. The average molecular weight is 739 g/mol. The smallest absolute Gasteiger partial charge is 0.475 e. The van der Waals surface area contributed by atoms with Gasteiger partial charge in [-0.05, 0) is 45.3 Å². The number of carboxylic acids is 2. The minimum absolute atomic E-state index is 0.109. The van der Waals surface area contributed by atoms with E-state index in [1.807, 2.05) is 14.1 Å². The molecule has 0 aliphatic rings. The highest BCUT2D eigenvalue weighted by Crippen LogP contribution is 2.20. The summed E-state index contributed by atoms with van der Waals surface area (Å²) in [5, 5.41) is 22.7. The number of nitrogens with zero attached hydrogens (tertiary/aromatic N) is 5. The van der Waals surface area contributed by atoms with Gasteiger partial charge in [-0.15, -0.1) is 0 Å². The van der Waals surface area contributed by atoms with Crippen LogP contribution in [0.2, 0.25) is 0 Å². The molecule has 0 fully saturated rings. The van der Waals surface area contributed by atoms with Gasteiger partial charge in [0, 0.05) is 46.3 Å². The molecule has 0 aliphatic carbocycles. The van der Waals surface area contributed by atoms with Gasteiger partial charge in [-0.25, -0.2) is 14.6 Å². The van der Waals surface area contributed by atoms with E-state index < -0.39 is 24.3 Å². The number of hydrogen-bond donors (Lipinski definition) is 7. The van der Waals surface area contributed by atoms with E-state index in [-0.39, 0.29) is 23.7 Å². The maximum atomic E-state index is 12.9. The van der Waals surface area contributed by atoms with Gasteiger partial charge in [0.1, 0.15) is 17.1 Å². The Labute approximate surface area is 285 Å². The zero-order chi connectivity index (χ0) is 39.4. The Morgan fingerprint density at radius 3 is 1.47 bits per heavy atom. The minimum atomic E-state index is -5.08. The number of guanidine groups is 1. The van der Waals surface area contributed by atoms with E-state index in [4.69, 9.17) is 31.3 Å². The predicted molar refractivity (Wildman–Crippen MR) is 171 cm³/mol. The third-order valence-corrected chi connectivity index (χ3v) is 6.02. The summed E-state index contributed by atoms with van der Waals surface area (Å²) >= 11 is 0. The number of amides is 3. The summed E-state index contributed by atoms with van der Waals surface area (Å²) in [6.07, 6.45) is -4.41. The summed E-state index contributed by atoms with van der Waals surface area (Å²) in [6, 6.07) is 4.74. The molecule has 3 amide bonds. The SMILES string of the molecule is CN(C)CCCNC(=O)c1cc(NC(=O)c2cc(NC(=O)c3cc(N=C(N)N)cn3C)cn2C)cn1C.O=C(O)C(F)(F)F.O=C(O)C(F)(F)F. The van der Waals surface area contributed by atoms with Crippen LogP contribution in [0.1, 0.15) is 37.9 Å². The number of carbonyl (C=O) groups is 5. The summed E-state index contributed by atoms with van der Waals surface area (Å²) < 4.78 is 68.3. The average Bonchev–Trinajstić information content (AvgIpc) is 3.65. The number of hydrogen-bond acceptors (Lipinski definition) is 7. The zero-order valence-electron chi connectivity index (χ0n) is 27.7. The number of carboxylic acid groups (broad SMARTS) is 2. The molecular weight excluding hydrogens is 702 g/mol. The van der Waals surface area contributed by atoms with E-state index >= 15 is 0 Å². The number of anilines is 2. The lowest BCUT2D eigenvalue weighted by atomic mass is 10.3. The molecule has 23 heteroatoms. The molecule has 3 rings (SSSR count). The molecule has 3 heterocycles. The van der Waals surface area contributed by atoms with Crippen LogP contribution in [0.15, 0.2) is 41.8 Å². The van der Waals surface area contributed by atoms with Crippen molar-refractivity contribution < 1.29 is 60.5 Å². The fraction of sp³-hybridized carbons (Fsp3) is 0.357. The number of alkyl halides is 6. The van der Waals surface area contributed by atoms with Gasteiger partial charge in [-0.1, -0.05) is 0 Å². The molecule has 0 spiro atoms. The van der Waals surface area contributed by atoms with Crippen LogP contribution in [0.25, 0.3) is 0 Å². The summed E-state index contributed by atoms with van der Waals surface area (Å²) in [7, 11) is 9.09. The molecule has 0 atom stereocenters. The van der Waals surface area contributed by atoms with Gasteiger partial charge >= 0.3 is 24.3 Å². The lowest BCUT2D eigenvalue weighted by molar-refractivity contribution is -0.193. The number of aromatic nitrogens is 3. The normalized spacial score (nSPS) is 11.0. The zero-order valence-corrected chi connectivity index (χ0v) is 27.7. The van der Waals surface area contributed by atoms with E-state index in [0.717, 1.165) is 13.0 Å². The second kappa shape index (κ2) is 18.1. The van der Waals surface area contributed by atoms with Crippen LogP contribution < -0.4 is 27.4 Å². The van der Waals surface area contributed by atoms with Crippen molar-refractivity contribution in [1.29, 1.82) is 0 Å². The van der Waals surface area contributed by atoms with Crippen molar-refractivity contribution in [3.05, 3.63) is 53.9 Å². The summed E-state index contributed by atoms with van der Waals surface area (Å²) in [4.78, 5) is 62.0. The number of aryl methyl sites for hydroxylation is 3. The lowest BCUT2D eigenvalue weighted by Gasteiger charge is -2.10. The van der Waals surface area contributed by atoms with Gasteiger partial charge in [0.15, 0.2) is 5.96 Å². The fourth-order valence-corrected chi connectivity index (χ4v) is 3.78. The van der Waals surface area contributed by atoms with Crippen molar-refractivity contribution in [3.63, 3.8) is 0 Å². The van der Waals surface area contributed by atoms with Crippen molar-refractivity contribution in [2.75, 3.05) is 37.8 Å². The number of rotatable bonds is 10. The summed E-state index contributed by atoms with van der Waals surface area (Å²) in [5.41, 5.74) is 13.3. The Balaban J connectivity index is 0.000000780. The van der Waals surface area contributed by atoms with E-state index in [1.165, 1.54) is 0 Å². The lowest BCUT2D eigenvalue weighted by Crippen LogP contribution is -2.28. The number of nitrogens with one attached hydrogen (secondary N) is 3. The quantitative estimate of drug-likeness (QED) is 0.0691. The Morgan fingerprint density at radius 2 is 1.10 bits per heavy atom. The Morgan fingerprint density at radius 1 is 0.725 bits per heavy atom. The van der Waals surface area contributed by atoms with Crippen LogP contribution >= 0.6 is 0 Å². The molecule has 51 heavy (non-hydrogen) atoms. The minimum Gasteiger partial charge on any atom is -0.475 e. The molecule has 282 valence electrons. The number of carbonyl (C=O) groups excluding carboxylic acids is 3. The van der Waals surface area contributed by atoms with E-state index in [0.29, 0.717) is 40.7 Å². The number of aliphatic imine (C=N–C) groups is 1. The topological polar surface area (TPSA) is 244 Å². The van der Waals surface area contributed by atoms with Crippen molar-refractivity contribution in [2.45, 2.75) is 18.8 Å². The molecule has 0 saturated carbocycles. The highest BCUT2D eigenvalue weighted by molar-refractivity contribution is 6.07. The Kier molecular flexibility index (Phi) is 15.3. The highest BCUT2D eigenvalue weighted by atomic mass is 19.4. The maximum Gasteiger partial charge on any atom is 0.490 e. The van der Waals surface area contributed by atoms with Crippen molar-refractivity contribution in [3.8, 4) is 0 Å². The molecule has 0 unspecified atom stereocenters. The van der Waals surface area contributed by atoms with Gasteiger partial charge < -0.3 is 56.2 Å². The van der Waals surface area contributed by atoms with Gasteiger partial charge in [-0.2, -0.15) is 26.3 Å². The van der Waals surface area contributed by atoms with Crippen molar-refractivity contribution in [2.24, 2.45) is 37.6 Å². The fourth-order valence-electron chi connectivity index (χ4n) is 3.78. The molecule has 0 aliphatic heterocycles. The van der Waals surface area contributed by atoms with Gasteiger partial charge in [0.2, 0.25) is 0 Å². The Bertz CT molecular complexity index is 1710. The number of halogens is 6. The van der Waals surface area contributed by atoms with Crippen LogP contribution in [0, 0.1) is 0 Å². The maximum absolute atomic E-state index is 12.9. The van der Waals surface area contributed by atoms with E-state index in [9.17, 15) is 40.7 Å². The first-order valence-electron chi connectivity index (χ1n) is 14.1. The molecule has 0 radical (unpaired) electrons. The van der Waals surface area contributed by atoms with Crippen LogP contribution in [0.5, 0.6) is 0 Å². The Hall–Kier alpha value is -6.00. The second-order valence-corrected chi connectivity index (χ2v) is 10.6. The van der Waals surface area contributed by atoms with Gasteiger partial charge in [0.25, 0.3) is 17.7 Å². The predicted octanol–water partition coefficient (Wildman–Crippen LogP) is 2.06. The molecule has 0 aromatic carbocycles. The summed E-state index contributed by atoms with van der Waals surface area (Å²) in [5.74, 6) is -6.61. The number of nitrogens with two attached hydrogens (primary N) is 2. The second-order valence-electron chi connectivity index (χ2n) is 10.6. The molecular formula is C28H36F6N10O7. The first-order chi connectivity index (χ1) is 23.3. The first kappa shape index (κ1) is 43.0. The van der Waals surface area contributed by atoms with Gasteiger partial charge in [-0.3, -0.25) is 14.4 Å². The molecule has 3 aromatic heterocycles. The van der Waals surface area contributed by atoms with Gasteiger partial charge in [0.05, 0.1) is 17.1 Å². The van der Waals surface area contributed by atoms with Crippen LogP contribution in [0.3, 0.4) is 0 Å². The third kappa shape index (κ3) is 14.6. The van der Waals surface area contributed by atoms with Crippen molar-refractivity contribution >= 4 is 52.7 Å². The van der Waals surface area contributed by atoms with Crippen LogP contribution in [0.4, 0.5) is 43.4 Å².